The van der Waals surface area contributed by atoms with Crippen molar-refractivity contribution in [1.82, 2.24) is 4.72 Å². The summed E-state index contributed by atoms with van der Waals surface area (Å²) in [5, 5.41) is 3.79. The van der Waals surface area contributed by atoms with Crippen molar-refractivity contribution in [1.29, 1.82) is 4.78 Å². The van der Waals surface area contributed by atoms with Gasteiger partial charge in [-0.1, -0.05) is 12.6 Å². The molecule has 5 nitrogen and oxygen atoms in total. The van der Waals surface area contributed by atoms with Gasteiger partial charge in [-0.2, -0.15) is 0 Å². The van der Waals surface area contributed by atoms with Crippen molar-refractivity contribution in [3.63, 3.8) is 0 Å². The minimum absolute atomic E-state index is 0.593. The van der Waals surface area contributed by atoms with E-state index in [9.17, 15) is 9.00 Å². The summed E-state index contributed by atoms with van der Waals surface area (Å²) in [6.07, 6.45) is 6.26. The van der Waals surface area contributed by atoms with Gasteiger partial charge in [-0.25, -0.2) is 18.5 Å². The van der Waals surface area contributed by atoms with E-state index < -0.39 is 15.9 Å². The topological polar surface area (TPSA) is 82.1 Å². The maximum absolute atomic E-state index is 12.0. The highest BCUT2D eigenvalue weighted by molar-refractivity contribution is 7.93. The van der Waals surface area contributed by atoms with Crippen LogP contribution < -0.4 is 10.0 Å². The summed E-state index contributed by atoms with van der Waals surface area (Å²) in [5.41, 5.74) is 5.94. The average Bonchev–Trinajstić information content (AvgIpc) is 3.06. The van der Waals surface area contributed by atoms with Crippen molar-refractivity contribution in [3.05, 3.63) is 40.3 Å². The van der Waals surface area contributed by atoms with Gasteiger partial charge in [0.1, 0.15) is 0 Å². The van der Waals surface area contributed by atoms with Crippen LogP contribution in [0.3, 0.4) is 0 Å². The largest absolute Gasteiger partial charge is 0.331 e. The van der Waals surface area contributed by atoms with Gasteiger partial charge in [-0.05, 0) is 60.8 Å². The van der Waals surface area contributed by atoms with Gasteiger partial charge in [-0.3, -0.25) is 0 Å². The minimum Gasteiger partial charge on any atom is -0.307 e. The Morgan fingerprint density at radius 2 is 1.76 bits per heavy atom. The second-order valence-corrected chi connectivity index (χ2v) is 7.30. The number of urea groups is 1. The van der Waals surface area contributed by atoms with Gasteiger partial charge in [0.25, 0.3) is 0 Å². The standard InChI is InChI=1S/C15H19N3O2S/c1-2-21(16,20)18-15(19)17-14-12-7-3-5-10(12)9-11-6-4-8-13(11)14/h2,9H,1,3-8H2,(H3,16,17,18,19,20). The summed E-state index contributed by atoms with van der Waals surface area (Å²) >= 11 is 0. The fourth-order valence-corrected chi connectivity index (χ4v) is 3.70. The van der Waals surface area contributed by atoms with Crippen LogP contribution in [0.1, 0.15) is 35.1 Å². The zero-order valence-electron chi connectivity index (χ0n) is 11.8. The summed E-state index contributed by atoms with van der Waals surface area (Å²) in [6.45, 7) is 3.30. The van der Waals surface area contributed by atoms with Crippen molar-refractivity contribution in [3.8, 4) is 0 Å². The Morgan fingerprint density at radius 1 is 1.19 bits per heavy atom. The molecular formula is C15H19N3O2S. The molecule has 2 aliphatic rings. The highest BCUT2D eigenvalue weighted by atomic mass is 32.2. The number of aryl methyl sites for hydroxylation is 2. The Hall–Kier alpha value is -1.82. The van der Waals surface area contributed by atoms with Crippen LogP contribution >= 0.6 is 0 Å². The molecular weight excluding hydrogens is 286 g/mol. The van der Waals surface area contributed by atoms with Crippen molar-refractivity contribution >= 4 is 21.6 Å². The van der Waals surface area contributed by atoms with Crippen molar-refractivity contribution in [2.45, 2.75) is 38.5 Å². The maximum atomic E-state index is 12.0. The highest BCUT2D eigenvalue weighted by Crippen LogP contribution is 2.38. The van der Waals surface area contributed by atoms with Crippen LogP contribution in [0.2, 0.25) is 0 Å². The van der Waals surface area contributed by atoms with E-state index in [-0.39, 0.29) is 0 Å². The van der Waals surface area contributed by atoms with Gasteiger partial charge in [0.05, 0.1) is 0 Å². The molecule has 21 heavy (non-hydrogen) atoms. The lowest BCUT2D eigenvalue weighted by molar-refractivity contribution is 0.257. The Bertz CT molecular complexity index is 691. The fraction of sp³-hybridized carbons (Fsp3) is 0.400. The van der Waals surface area contributed by atoms with E-state index in [1.807, 2.05) is 0 Å². The van der Waals surface area contributed by atoms with Crippen LogP contribution in [0.5, 0.6) is 0 Å². The molecule has 3 N–H and O–H groups in total. The third kappa shape index (κ3) is 2.68. The smallest absolute Gasteiger partial charge is 0.307 e. The van der Waals surface area contributed by atoms with Crippen LogP contribution in [0, 0.1) is 4.78 Å². The first-order valence-electron chi connectivity index (χ1n) is 7.16. The number of benzene rings is 1. The van der Waals surface area contributed by atoms with E-state index in [2.05, 4.69) is 22.7 Å². The molecule has 3 rings (SSSR count). The van der Waals surface area contributed by atoms with Gasteiger partial charge in [-0.15, -0.1) is 0 Å². The second-order valence-electron chi connectivity index (χ2n) is 5.56. The van der Waals surface area contributed by atoms with Crippen LogP contribution in [-0.2, 0) is 35.6 Å². The molecule has 1 atom stereocenters. The van der Waals surface area contributed by atoms with Crippen LogP contribution in [0.25, 0.3) is 0 Å². The maximum Gasteiger partial charge on any atom is 0.331 e. The molecule has 0 saturated carbocycles. The molecule has 0 radical (unpaired) electrons. The Kier molecular flexibility index (Phi) is 3.49. The average molecular weight is 305 g/mol. The van der Waals surface area contributed by atoms with Crippen molar-refractivity contribution in [2.24, 2.45) is 0 Å². The Balaban J connectivity index is 1.92. The summed E-state index contributed by atoms with van der Waals surface area (Å²) in [4.78, 5) is 12.0. The van der Waals surface area contributed by atoms with E-state index in [0.717, 1.165) is 49.6 Å². The molecule has 0 heterocycles. The Labute approximate surface area is 124 Å². The van der Waals surface area contributed by atoms with Gasteiger partial charge < -0.3 is 5.32 Å². The molecule has 112 valence electrons. The number of amides is 2. The van der Waals surface area contributed by atoms with Crippen LogP contribution in [0.4, 0.5) is 10.5 Å². The van der Waals surface area contributed by atoms with Crippen molar-refractivity contribution in [2.75, 3.05) is 5.32 Å². The van der Waals surface area contributed by atoms with Gasteiger partial charge in [0.15, 0.2) is 9.92 Å². The molecule has 2 aliphatic carbocycles. The van der Waals surface area contributed by atoms with E-state index in [1.165, 1.54) is 22.3 Å². The zero-order chi connectivity index (χ0) is 15.0. The third-order valence-corrected chi connectivity index (χ3v) is 5.15. The highest BCUT2D eigenvalue weighted by Gasteiger charge is 2.25. The zero-order valence-corrected chi connectivity index (χ0v) is 12.6. The number of carbonyl (C=O) groups excluding carboxylic acids is 1. The molecule has 0 aromatic heterocycles. The first-order chi connectivity index (χ1) is 10.00. The third-order valence-electron chi connectivity index (χ3n) is 4.19. The number of fused-ring (bicyclic) bond motifs is 2. The number of rotatable bonds is 3. The molecule has 0 fully saturated rings. The molecule has 1 aromatic rings. The fourth-order valence-electron chi connectivity index (χ4n) is 3.29. The molecule has 6 heteroatoms. The minimum atomic E-state index is -3.27. The number of carbonyl (C=O) groups is 1. The lowest BCUT2D eigenvalue weighted by Crippen LogP contribution is -2.32. The molecule has 0 aliphatic heterocycles. The number of nitrogens with one attached hydrogen (secondary N) is 3. The van der Waals surface area contributed by atoms with Crippen LogP contribution in [-0.4, -0.2) is 10.2 Å². The van der Waals surface area contributed by atoms with E-state index in [0.29, 0.717) is 0 Å². The molecule has 0 saturated heterocycles. The summed E-state index contributed by atoms with van der Waals surface area (Å²) in [5.74, 6) is 0. The number of hydrogen-bond acceptors (Lipinski definition) is 3. The lowest BCUT2D eigenvalue weighted by atomic mass is 9.99. The normalized spacial score (nSPS) is 18.5. The first-order valence-corrected chi connectivity index (χ1v) is 8.79. The Morgan fingerprint density at radius 3 is 2.29 bits per heavy atom. The molecule has 0 bridgehead atoms. The summed E-state index contributed by atoms with van der Waals surface area (Å²) in [6, 6.07) is 1.69. The van der Waals surface area contributed by atoms with Gasteiger partial charge in [0.2, 0.25) is 0 Å². The predicted octanol–water partition coefficient (Wildman–Crippen LogP) is 2.89. The van der Waals surface area contributed by atoms with Crippen molar-refractivity contribution < 1.29 is 9.00 Å². The van der Waals surface area contributed by atoms with E-state index in [1.54, 1.807) is 0 Å². The quantitative estimate of drug-likeness (QED) is 0.802. The van der Waals surface area contributed by atoms with E-state index in [4.69, 9.17) is 4.78 Å². The number of hydrogen-bond donors (Lipinski definition) is 3. The second kappa shape index (κ2) is 5.18. The van der Waals surface area contributed by atoms with Crippen LogP contribution in [0.15, 0.2) is 18.1 Å². The number of anilines is 1. The lowest BCUT2D eigenvalue weighted by Gasteiger charge is -2.16. The first kappa shape index (κ1) is 14.1. The SMILES string of the molecule is C=CS(=N)(=O)NC(=O)Nc1c2c(cc3c1CCC3)CCC2. The monoisotopic (exact) mass is 305 g/mol. The summed E-state index contributed by atoms with van der Waals surface area (Å²) in [7, 11) is -3.27. The molecule has 2 amide bonds. The van der Waals surface area contributed by atoms with E-state index >= 15 is 0 Å². The summed E-state index contributed by atoms with van der Waals surface area (Å²) < 4.78 is 21.2. The van der Waals surface area contributed by atoms with Gasteiger partial charge in [0, 0.05) is 11.1 Å². The predicted molar refractivity (Wildman–Crippen MR) is 83.7 cm³/mol. The van der Waals surface area contributed by atoms with Gasteiger partial charge >= 0.3 is 6.03 Å². The molecule has 1 unspecified atom stereocenters. The molecule has 0 spiro atoms. The molecule has 1 aromatic carbocycles.